The first-order valence-electron chi connectivity index (χ1n) is 7.11. The molecule has 1 aliphatic heterocycles. The fourth-order valence-corrected chi connectivity index (χ4v) is 4.16. The summed E-state index contributed by atoms with van der Waals surface area (Å²) in [4.78, 5) is 34.4. The van der Waals surface area contributed by atoms with E-state index in [4.69, 9.17) is 11.6 Å². The lowest BCUT2D eigenvalue weighted by Gasteiger charge is -2.14. The molecule has 9 nitrogen and oxygen atoms in total. The summed E-state index contributed by atoms with van der Waals surface area (Å²) in [7, 11) is -4.12. The topological polar surface area (TPSA) is 127 Å². The van der Waals surface area contributed by atoms with Gasteiger partial charge in [0.1, 0.15) is 16.5 Å². The summed E-state index contributed by atoms with van der Waals surface area (Å²) in [6.07, 6.45) is 0. The summed E-state index contributed by atoms with van der Waals surface area (Å²) < 4.78 is 25.2. The lowest BCUT2D eigenvalue weighted by molar-refractivity contribution is -0.384. The van der Waals surface area contributed by atoms with E-state index >= 15 is 0 Å². The summed E-state index contributed by atoms with van der Waals surface area (Å²) in [5.74, 6) is -1.64. The van der Waals surface area contributed by atoms with Gasteiger partial charge in [0.05, 0.1) is 10.5 Å². The van der Waals surface area contributed by atoms with Gasteiger partial charge in [0.25, 0.3) is 21.6 Å². The average molecular weight is 396 g/mol. The van der Waals surface area contributed by atoms with Gasteiger partial charge in [0.2, 0.25) is 5.91 Å². The van der Waals surface area contributed by atoms with Gasteiger partial charge in [0, 0.05) is 11.8 Å². The van der Waals surface area contributed by atoms with E-state index in [0.29, 0.717) is 4.31 Å². The zero-order valence-electron chi connectivity index (χ0n) is 12.9. The third-order valence-corrected chi connectivity index (χ3v) is 5.73. The van der Waals surface area contributed by atoms with Gasteiger partial charge in [-0.15, -0.1) is 0 Å². The minimum absolute atomic E-state index is 0.0116. The van der Waals surface area contributed by atoms with Crippen molar-refractivity contribution in [2.24, 2.45) is 0 Å². The molecule has 0 radical (unpaired) electrons. The highest BCUT2D eigenvalue weighted by Gasteiger charge is 2.41. The Balaban J connectivity index is 1.81. The normalized spacial score (nSPS) is 14.8. The number of fused-ring (bicyclic) bond motifs is 1. The largest absolute Gasteiger partial charge is 0.324 e. The number of sulfonamides is 1. The maximum absolute atomic E-state index is 12.4. The number of carbonyl (C=O) groups is 2. The Labute approximate surface area is 152 Å². The van der Waals surface area contributed by atoms with Crippen molar-refractivity contribution >= 4 is 44.8 Å². The minimum Gasteiger partial charge on any atom is -0.324 e. The molecule has 0 bridgehead atoms. The number of hydrogen-bond acceptors (Lipinski definition) is 6. The maximum atomic E-state index is 12.4. The van der Waals surface area contributed by atoms with Gasteiger partial charge in [-0.25, -0.2) is 12.7 Å². The Morgan fingerprint density at radius 3 is 2.58 bits per heavy atom. The highest BCUT2D eigenvalue weighted by Crippen LogP contribution is 2.30. The van der Waals surface area contributed by atoms with Crippen LogP contribution in [0.1, 0.15) is 10.4 Å². The van der Waals surface area contributed by atoms with E-state index in [9.17, 15) is 28.1 Å². The zero-order chi connectivity index (χ0) is 19.1. The lowest BCUT2D eigenvalue weighted by atomic mass is 10.2. The lowest BCUT2D eigenvalue weighted by Crippen LogP contribution is -2.37. The van der Waals surface area contributed by atoms with Gasteiger partial charge in [-0.2, -0.15) is 0 Å². The second kappa shape index (κ2) is 6.39. The van der Waals surface area contributed by atoms with Crippen LogP contribution < -0.4 is 5.32 Å². The number of halogens is 1. The maximum Gasteiger partial charge on any atom is 0.289 e. The molecular weight excluding hydrogens is 386 g/mol. The van der Waals surface area contributed by atoms with Crippen LogP contribution >= 0.6 is 11.6 Å². The van der Waals surface area contributed by atoms with Crippen LogP contribution in [0.15, 0.2) is 47.4 Å². The van der Waals surface area contributed by atoms with E-state index in [0.717, 1.165) is 6.07 Å². The number of amides is 2. The molecule has 26 heavy (non-hydrogen) atoms. The first-order chi connectivity index (χ1) is 12.2. The molecule has 0 fully saturated rings. The molecule has 1 heterocycles. The SMILES string of the molecule is O=C(CN1C(=O)c2ccccc2S1(=O)=O)Nc1ccc(Cl)c([N+](=O)[O-])c1. The molecule has 0 saturated carbocycles. The quantitative estimate of drug-likeness (QED) is 0.623. The van der Waals surface area contributed by atoms with Crippen molar-refractivity contribution < 1.29 is 22.9 Å². The van der Waals surface area contributed by atoms with Gasteiger partial charge in [-0.1, -0.05) is 23.7 Å². The molecule has 2 amide bonds. The summed E-state index contributed by atoms with van der Waals surface area (Å²) in [5, 5.41) is 13.1. The molecule has 134 valence electrons. The number of carbonyl (C=O) groups excluding carboxylic acids is 2. The van der Waals surface area contributed by atoms with Gasteiger partial charge in [0.15, 0.2) is 0 Å². The second-order valence-corrected chi connectivity index (χ2v) is 7.52. The van der Waals surface area contributed by atoms with Crippen LogP contribution in [-0.4, -0.2) is 36.0 Å². The molecule has 3 rings (SSSR count). The molecule has 0 unspecified atom stereocenters. The van der Waals surface area contributed by atoms with Crippen LogP contribution in [0.2, 0.25) is 5.02 Å². The number of anilines is 1. The zero-order valence-corrected chi connectivity index (χ0v) is 14.5. The summed E-state index contributed by atoms with van der Waals surface area (Å²) in [6.45, 7) is -0.758. The number of hydrogen-bond donors (Lipinski definition) is 1. The van der Waals surface area contributed by atoms with Crippen molar-refractivity contribution in [3.8, 4) is 0 Å². The van der Waals surface area contributed by atoms with E-state index < -0.39 is 39.0 Å². The Kier molecular flexibility index (Phi) is 4.38. The standard InChI is InChI=1S/C15H10ClN3O6S/c16-11-6-5-9(7-12(11)19(22)23)17-14(20)8-18-15(21)10-3-1-2-4-13(10)26(18,24)25/h1-7H,8H2,(H,17,20). The third-order valence-electron chi connectivity index (χ3n) is 3.63. The number of nitrogens with one attached hydrogen (secondary N) is 1. The fourth-order valence-electron chi connectivity index (χ4n) is 2.45. The van der Waals surface area contributed by atoms with Crippen LogP contribution in [0, 0.1) is 10.1 Å². The number of nitrogens with zero attached hydrogens (tertiary/aromatic N) is 2. The summed E-state index contributed by atoms with van der Waals surface area (Å²) >= 11 is 5.69. The third kappa shape index (κ3) is 3.00. The second-order valence-electron chi connectivity index (χ2n) is 5.28. The van der Waals surface area contributed by atoms with Crippen molar-refractivity contribution in [1.29, 1.82) is 0 Å². The molecule has 0 saturated heterocycles. The molecule has 1 N–H and O–H groups in total. The van der Waals surface area contributed by atoms with Crippen LogP contribution in [0.4, 0.5) is 11.4 Å². The van der Waals surface area contributed by atoms with E-state index in [-0.39, 0.29) is 21.2 Å². The number of rotatable bonds is 4. The Morgan fingerprint density at radius 1 is 1.23 bits per heavy atom. The molecule has 0 aliphatic carbocycles. The molecule has 1 aliphatic rings. The van der Waals surface area contributed by atoms with Crippen LogP contribution in [0.3, 0.4) is 0 Å². The Bertz CT molecular complexity index is 1050. The molecule has 0 aromatic heterocycles. The summed E-state index contributed by atoms with van der Waals surface area (Å²) in [5.41, 5.74) is -0.378. The van der Waals surface area contributed by atoms with Crippen LogP contribution in [-0.2, 0) is 14.8 Å². The molecule has 2 aromatic carbocycles. The van der Waals surface area contributed by atoms with E-state index in [1.165, 1.54) is 36.4 Å². The van der Waals surface area contributed by atoms with Crippen LogP contribution in [0.25, 0.3) is 0 Å². The Morgan fingerprint density at radius 2 is 1.92 bits per heavy atom. The van der Waals surface area contributed by atoms with Crippen molar-refractivity contribution in [3.05, 3.63) is 63.2 Å². The van der Waals surface area contributed by atoms with Crippen LogP contribution in [0.5, 0.6) is 0 Å². The van der Waals surface area contributed by atoms with Crippen molar-refractivity contribution in [1.82, 2.24) is 4.31 Å². The number of nitro groups is 1. The first-order valence-corrected chi connectivity index (χ1v) is 8.93. The van der Waals surface area contributed by atoms with Crippen molar-refractivity contribution in [2.75, 3.05) is 11.9 Å². The first kappa shape index (κ1) is 17.8. The van der Waals surface area contributed by atoms with Gasteiger partial charge < -0.3 is 5.32 Å². The fraction of sp³-hybridized carbons (Fsp3) is 0.0667. The van der Waals surface area contributed by atoms with E-state index in [1.54, 1.807) is 0 Å². The number of benzene rings is 2. The predicted molar refractivity (Wildman–Crippen MR) is 91.4 cm³/mol. The highest BCUT2D eigenvalue weighted by atomic mass is 35.5. The van der Waals surface area contributed by atoms with Gasteiger partial charge >= 0.3 is 0 Å². The smallest absolute Gasteiger partial charge is 0.289 e. The van der Waals surface area contributed by atoms with E-state index in [2.05, 4.69) is 5.32 Å². The van der Waals surface area contributed by atoms with E-state index in [1.807, 2.05) is 0 Å². The molecule has 0 spiro atoms. The molecule has 0 atom stereocenters. The average Bonchev–Trinajstić information content (AvgIpc) is 2.78. The minimum atomic E-state index is -4.12. The van der Waals surface area contributed by atoms with Crippen molar-refractivity contribution in [3.63, 3.8) is 0 Å². The molecular formula is C15H10ClN3O6S. The summed E-state index contributed by atoms with van der Waals surface area (Å²) in [6, 6.07) is 9.21. The van der Waals surface area contributed by atoms with Gasteiger partial charge in [-0.3, -0.25) is 19.7 Å². The molecule has 11 heteroatoms. The van der Waals surface area contributed by atoms with Gasteiger partial charge in [-0.05, 0) is 24.3 Å². The Hall–Kier alpha value is -2.98. The highest BCUT2D eigenvalue weighted by molar-refractivity contribution is 7.90. The molecule has 2 aromatic rings. The number of nitro benzene ring substituents is 1. The monoisotopic (exact) mass is 395 g/mol. The van der Waals surface area contributed by atoms with Crippen molar-refractivity contribution in [2.45, 2.75) is 4.90 Å². The predicted octanol–water partition coefficient (Wildman–Crippen LogP) is 2.03.